The summed E-state index contributed by atoms with van der Waals surface area (Å²) in [4.78, 5) is 11.5. The Kier molecular flexibility index (Phi) is 5.63. The molecule has 8 heteroatoms. The monoisotopic (exact) mass is 356 g/mol. The average molecular weight is 356 g/mol. The highest BCUT2D eigenvalue weighted by Crippen LogP contribution is 2.19. The molecule has 3 aromatic rings. The molecule has 0 saturated heterocycles. The van der Waals surface area contributed by atoms with Crippen LogP contribution in [0.1, 0.15) is 10.4 Å². The Morgan fingerprint density at radius 2 is 2.00 bits per heavy atom. The van der Waals surface area contributed by atoms with Crippen molar-refractivity contribution in [2.24, 2.45) is 0 Å². The van der Waals surface area contributed by atoms with Crippen molar-refractivity contribution in [1.29, 1.82) is 0 Å². The van der Waals surface area contributed by atoms with Gasteiger partial charge in [0, 0.05) is 5.75 Å². The second-order valence-corrected chi connectivity index (χ2v) is 5.99. The topological polar surface area (TPSA) is 79.1 Å². The predicted molar refractivity (Wildman–Crippen MR) is 93.2 cm³/mol. The third-order valence-corrected chi connectivity index (χ3v) is 4.16. The number of methoxy groups -OCH3 is 1. The lowest BCUT2D eigenvalue weighted by Crippen LogP contribution is -2.05. The minimum Gasteiger partial charge on any atom is -0.493 e. The Morgan fingerprint density at radius 3 is 2.80 bits per heavy atom. The molecule has 0 unspecified atom stereocenters. The maximum absolute atomic E-state index is 11.5. The van der Waals surface area contributed by atoms with Crippen LogP contribution in [0.5, 0.6) is 5.75 Å². The van der Waals surface area contributed by atoms with Crippen LogP contribution < -0.4 is 4.74 Å². The van der Waals surface area contributed by atoms with E-state index in [0.29, 0.717) is 28.8 Å². The summed E-state index contributed by atoms with van der Waals surface area (Å²) in [5, 5.41) is 12.5. The fourth-order valence-electron chi connectivity index (χ4n) is 2.12. The number of tetrazole rings is 1. The van der Waals surface area contributed by atoms with Gasteiger partial charge >= 0.3 is 5.97 Å². The second kappa shape index (κ2) is 8.29. The Balaban J connectivity index is 1.55. The van der Waals surface area contributed by atoms with Gasteiger partial charge in [-0.15, -0.1) is 5.10 Å². The van der Waals surface area contributed by atoms with Gasteiger partial charge in [-0.2, -0.15) is 4.68 Å². The third kappa shape index (κ3) is 4.36. The minimum atomic E-state index is -0.387. The molecule has 1 heterocycles. The Bertz CT molecular complexity index is 839. The van der Waals surface area contributed by atoms with Crippen LogP contribution in [0, 0.1) is 0 Å². The van der Waals surface area contributed by atoms with Gasteiger partial charge in [0.05, 0.1) is 25.0 Å². The zero-order valence-corrected chi connectivity index (χ0v) is 14.3. The molecule has 2 aromatic carbocycles. The molecule has 0 spiro atoms. The van der Waals surface area contributed by atoms with Crippen molar-refractivity contribution in [1.82, 2.24) is 20.2 Å². The van der Waals surface area contributed by atoms with E-state index < -0.39 is 0 Å². The number of nitrogens with zero attached hydrogens (tertiary/aromatic N) is 4. The molecular formula is C17H16N4O3S. The molecule has 3 rings (SSSR count). The number of carbonyl (C=O) groups excluding carboxylic acids is 1. The molecule has 1 aromatic heterocycles. The van der Waals surface area contributed by atoms with Gasteiger partial charge in [0.15, 0.2) is 0 Å². The fourth-order valence-corrected chi connectivity index (χ4v) is 2.83. The van der Waals surface area contributed by atoms with Crippen LogP contribution >= 0.6 is 11.8 Å². The molecule has 25 heavy (non-hydrogen) atoms. The molecule has 0 bridgehead atoms. The number of rotatable bonds is 7. The van der Waals surface area contributed by atoms with Crippen LogP contribution in [0.15, 0.2) is 59.8 Å². The van der Waals surface area contributed by atoms with Crippen LogP contribution in [0.2, 0.25) is 0 Å². The molecule has 128 valence electrons. The normalized spacial score (nSPS) is 10.4. The summed E-state index contributed by atoms with van der Waals surface area (Å²) in [5.41, 5.74) is 1.36. The maximum atomic E-state index is 11.5. The zero-order valence-electron chi connectivity index (χ0n) is 13.5. The number of aromatic nitrogens is 4. The molecule has 0 N–H and O–H groups in total. The van der Waals surface area contributed by atoms with Gasteiger partial charge < -0.3 is 9.47 Å². The van der Waals surface area contributed by atoms with Crippen molar-refractivity contribution in [3.63, 3.8) is 0 Å². The molecule has 0 fully saturated rings. The van der Waals surface area contributed by atoms with E-state index in [1.54, 1.807) is 28.9 Å². The molecule has 7 nitrogen and oxygen atoms in total. The molecule has 0 aliphatic carbocycles. The SMILES string of the molecule is COC(=O)c1cccc(OCCSc2nnnn2-c2ccccc2)c1. The van der Waals surface area contributed by atoms with Crippen LogP contribution in [0.3, 0.4) is 0 Å². The summed E-state index contributed by atoms with van der Waals surface area (Å²) in [6, 6.07) is 16.6. The fraction of sp³-hybridized carbons (Fsp3) is 0.176. The number of hydrogen-bond acceptors (Lipinski definition) is 7. The van der Waals surface area contributed by atoms with Gasteiger partial charge in [0.25, 0.3) is 0 Å². The maximum Gasteiger partial charge on any atom is 0.337 e. The van der Waals surface area contributed by atoms with E-state index >= 15 is 0 Å². The standard InChI is InChI=1S/C17H16N4O3S/c1-23-16(22)13-6-5-9-15(12-13)24-10-11-25-17-18-19-20-21(17)14-7-3-2-4-8-14/h2-9,12H,10-11H2,1H3. The summed E-state index contributed by atoms with van der Waals surface area (Å²) in [7, 11) is 1.35. The van der Waals surface area contributed by atoms with E-state index in [4.69, 9.17) is 9.47 Å². The van der Waals surface area contributed by atoms with E-state index in [0.717, 1.165) is 5.69 Å². The first-order valence-electron chi connectivity index (χ1n) is 7.55. The van der Waals surface area contributed by atoms with Crippen molar-refractivity contribution in [3.8, 4) is 11.4 Å². The highest BCUT2D eigenvalue weighted by atomic mass is 32.2. The van der Waals surface area contributed by atoms with Crippen molar-refractivity contribution < 1.29 is 14.3 Å². The summed E-state index contributed by atoms with van der Waals surface area (Å²) in [6.45, 7) is 0.455. The molecule has 0 atom stereocenters. The lowest BCUT2D eigenvalue weighted by Gasteiger charge is -2.07. The van der Waals surface area contributed by atoms with Crippen LogP contribution in [0.25, 0.3) is 5.69 Å². The molecular weight excluding hydrogens is 340 g/mol. The van der Waals surface area contributed by atoms with E-state index in [2.05, 4.69) is 15.5 Å². The van der Waals surface area contributed by atoms with Crippen molar-refractivity contribution >= 4 is 17.7 Å². The highest BCUT2D eigenvalue weighted by Gasteiger charge is 2.09. The first-order valence-corrected chi connectivity index (χ1v) is 8.54. The molecule has 0 aliphatic rings. The second-order valence-electron chi connectivity index (χ2n) is 4.93. The van der Waals surface area contributed by atoms with Crippen molar-refractivity contribution in [2.45, 2.75) is 5.16 Å². The average Bonchev–Trinajstić information content (AvgIpc) is 3.14. The zero-order chi connectivity index (χ0) is 17.5. The number of esters is 1. The smallest absolute Gasteiger partial charge is 0.337 e. The van der Waals surface area contributed by atoms with E-state index in [9.17, 15) is 4.79 Å². The van der Waals surface area contributed by atoms with Crippen molar-refractivity contribution in [3.05, 3.63) is 60.2 Å². The van der Waals surface area contributed by atoms with Crippen molar-refractivity contribution in [2.75, 3.05) is 19.5 Å². The number of thioether (sulfide) groups is 1. The molecule has 0 amide bonds. The number of benzene rings is 2. The summed E-state index contributed by atoms with van der Waals surface area (Å²) in [5.74, 6) is 0.892. The Morgan fingerprint density at radius 1 is 1.16 bits per heavy atom. The van der Waals surface area contributed by atoms with E-state index in [1.165, 1.54) is 18.9 Å². The molecule has 0 aliphatic heterocycles. The van der Waals surface area contributed by atoms with E-state index in [-0.39, 0.29) is 5.97 Å². The van der Waals surface area contributed by atoms with Gasteiger partial charge in [-0.3, -0.25) is 0 Å². The summed E-state index contributed by atoms with van der Waals surface area (Å²) >= 11 is 1.49. The first-order chi connectivity index (χ1) is 12.3. The highest BCUT2D eigenvalue weighted by molar-refractivity contribution is 7.99. The predicted octanol–water partition coefficient (Wildman–Crippen LogP) is 2.62. The van der Waals surface area contributed by atoms with Gasteiger partial charge in [0.2, 0.25) is 5.16 Å². The van der Waals surface area contributed by atoms with Crippen LogP contribution in [0.4, 0.5) is 0 Å². The summed E-state index contributed by atoms with van der Waals surface area (Å²) in [6.07, 6.45) is 0. The lowest BCUT2D eigenvalue weighted by molar-refractivity contribution is 0.0600. The van der Waals surface area contributed by atoms with Gasteiger partial charge in [0.1, 0.15) is 5.75 Å². The number of hydrogen-bond donors (Lipinski definition) is 0. The van der Waals surface area contributed by atoms with Crippen LogP contribution in [-0.2, 0) is 4.74 Å². The third-order valence-electron chi connectivity index (χ3n) is 3.28. The number of carbonyl (C=O) groups is 1. The first kappa shape index (κ1) is 17.0. The van der Waals surface area contributed by atoms with Gasteiger partial charge in [-0.05, 0) is 40.8 Å². The van der Waals surface area contributed by atoms with Gasteiger partial charge in [-0.1, -0.05) is 36.0 Å². The number of para-hydroxylation sites is 1. The lowest BCUT2D eigenvalue weighted by atomic mass is 10.2. The Labute approximate surface area is 149 Å². The van der Waals surface area contributed by atoms with E-state index in [1.807, 2.05) is 30.3 Å². The van der Waals surface area contributed by atoms with Gasteiger partial charge in [-0.25, -0.2) is 4.79 Å². The summed E-state index contributed by atoms with van der Waals surface area (Å²) < 4.78 is 12.1. The quantitative estimate of drug-likeness (QED) is 0.366. The number of ether oxygens (including phenoxy) is 2. The van der Waals surface area contributed by atoms with Crippen LogP contribution in [-0.4, -0.2) is 45.6 Å². The molecule has 0 radical (unpaired) electrons. The minimum absolute atomic E-state index is 0.387. The molecule has 0 saturated carbocycles. The largest absolute Gasteiger partial charge is 0.493 e. The Hall–Kier alpha value is -2.87.